The number of hydrogen-bond acceptors (Lipinski definition) is 4. The van der Waals surface area contributed by atoms with E-state index in [4.69, 9.17) is 4.74 Å². The standard InChI is InChI=1S/C13H20FN3O/c1-9-11(14)12(16-8-15-9)17-6-5-10(18-4)13(2,3)7-17/h8,10H,5-7H2,1-4H3/t10-/m0/s1. The van der Waals surface area contributed by atoms with E-state index in [9.17, 15) is 4.39 Å². The predicted octanol–water partition coefficient (Wildman–Crippen LogP) is 2.18. The van der Waals surface area contributed by atoms with Crippen LogP contribution < -0.4 is 4.90 Å². The third kappa shape index (κ3) is 2.32. The van der Waals surface area contributed by atoms with Crippen LogP contribution >= 0.6 is 0 Å². The molecular formula is C13H20FN3O. The molecule has 1 saturated heterocycles. The van der Waals surface area contributed by atoms with Crippen molar-refractivity contribution in [3.05, 3.63) is 17.8 Å². The molecule has 4 nitrogen and oxygen atoms in total. The fraction of sp³-hybridized carbons (Fsp3) is 0.692. The van der Waals surface area contributed by atoms with E-state index in [0.29, 0.717) is 11.5 Å². The number of rotatable bonds is 2. The van der Waals surface area contributed by atoms with Crippen molar-refractivity contribution in [3.8, 4) is 0 Å². The van der Waals surface area contributed by atoms with Crippen LogP contribution in [0.15, 0.2) is 6.33 Å². The molecule has 0 spiro atoms. The minimum absolute atomic E-state index is 0.0156. The lowest BCUT2D eigenvalue weighted by atomic mass is 9.81. The molecule has 1 aliphatic heterocycles. The molecule has 1 aromatic heterocycles. The SMILES string of the molecule is CO[C@H]1CCN(c2ncnc(C)c2F)CC1(C)C. The number of hydrogen-bond donors (Lipinski definition) is 0. The highest BCUT2D eigenvalue weighted by atomic mass is 19.1. The normalized spacial score (nSPS) is 23.2. The highest BCUT2D eigenvalue weighted by molar-refractivity contribution is 5.41. The molecule has 0 bridgehead atoms. The summed E-state index contributed by atoms with van der Waals surface area (Å²) < 4.78 is 19.5. The van der Waals surface area contributed by atoms with Crippen LogP contribution in [0.3, 0.4) is 0 Å². The van der Waals surface area contributed by atoms with Gasteiger partial charge in [0.15, 0.2) is 11.6 Å². The zero-order chi connectivity index (χ0) is 13.3. The smallest absolute Gasteiger partial charge is 0.186 e. The molecule has 1 fully saturated rings. The summed E-state index contributed by atoms with van der Waals surface area (Å²) >= 11 is 0. The Hall–Kier alpha value is -1.23. The van der Waals surface area contributed by atoms with Gasteiger partial charge in [-0.05, 0) is 13.3 Å². The van der Waals surface area contributed by atoms with Gasteiger partial charge >= 0.3 is 0 Å². The van der Waals surface area contributed by atoms with Gasteiger partial charge in [0.25, 0.3) is 0 Å². The van der Waals surface area contributed by atoms with Crippen molar-refractivity contribution in [1.82, 2.24) is 9.97 Å². The Bertz CT molecular complexity index is 436. The average Bonchev–Trinajstić information content (AvgIpc) is 2.31. The number of aryl methyl sites for hydroxylation is 1. The van der Waals surface area contributed by atoms with Gasteiger partial charge in [0.05, 0.1) is 11.8 Å². The van der Waals surface area contributed by atoms with Crippen LogP contribution in [0.4, 0.5) is 10.2 Å². The van der Waals surface area contributed by atoms with Crippen LogP contribution in [0.25, 0.3) is 0 Å². The monoisotopic (exact) mass is 253 g/mol. The van der Waals surface area contributed by atoms with Gasteiger partial charge in [-0.2, -0.15) is 0 Å². The number of ether oxygens (including phenoxy) is 1. The van der Waals surface area contributed by atoms with Gasteiger partial charge in [-0.25, -0.2) is 14.4 Å². The molecule has 18 heavy (non-hydrogen) atoms. The molecule has 1 aliphatic rings. The second kappa shape index (κ2) is 4.80. The molecule has 2 heterocycles. The van der Waals surface area contributed by atoms with E-state index in [1.807, 2.05) is 4.90 Å². The average molecular weight is 253 g/mol. The first-order valence-electron chi connectivity index (χ1n) is 6.20. The van der Waals surface area contributed by atoms with Gasteiger partial charge in [0.2, 0.25) is 0 Å². The lowest BCUT2D eigenvalue weighted by molar-refractivity contribution is -0.00657. The molecule has 0 N–H and O–H groups in total. The minimum Gasteiger partial charge on any atom is -0.381 e. The lowest BCUT2D eigenvalue weighted by Crippen LogP contribution is -2.50. The number of nitrogens with zero attached hydrogens (tertiary/aromatic N) is 3. The second-order valence-corrected chi connectivity index (χ2v) is 5.52. The van der Waals surface area contributed by atoms with Crippen LogP contribution in [0.2, 0.25) is 0 Å². The highest BCUT2D eigenvalue weighted by Gasteiger charge is 2.37. The molecule has 0 saturated carbocycles. The van der Waals surface area contributed by atoms with E-state index in [0.717, 1.165) is 19.5 Å². The van der Waals surface area contributed by atoms with Crippen LogP contribution in [0.1, 0.15) is 26.0 Å². The molecule has 5 heteroatoms. The van der Waals surface area contributed by atoms with Gasteiger partial charge in [0, 0.05) is 25.6 Å². The summed E-state index contributed by atoms with van der Waals surface area (Å²) in [6.45, 7) is 7.43. The fourth-order valence-electron chi connectivity index (χ4n) is 2.62. The van der Waals surface area contributed by atoms with Crippen molar-refractivity contribution >= 4 is 5.82 Å². The first-order chi connectivity index (χ1) is 8.45. The number of anilines is 1. The summed E-state index contributed by atoms with van der Waals surface area (Å²) in [5, 5.41) is 0. The van der Waals surface area contributed by atoms with Crippen LogP contribution in [0.5, 0.6) is 0 Å². The number of aromatic nitrogens is 2. The minimum atomic E-state index is -0.316. The van der Waals surface area contributed by atoms with E-state index in [2.05, 4.69) is 23.8 Å². The Kier molecular flexibility index (Phi) is 3.52. The Morgan fingerprint density at radius 1 is 1.44 bits per heavy atom. The maximum Gasteiger partial charge on any atom is 0.186 e. The first-order valence-corrected chi connectivity index (χ1v) is 6.20. The van der Waals surface area contributed by atoms with Crippen molar-refractivity contribution in [1.29, 1.82) is 0 Å². The molecule has 2 rings (SSSR count). The van der Waals surface area contributed by atoms with Crippen molar-refractivity contribution in [2.24, 2.45) is 5.41 Å². The number of methoxy groups -OCH3 is 1. The van der Waals surface area contributed by atoms with E-state index in [1.54, 1.807) is 14.0 Å². The van der Waals surface area contributed by atoms with Crippen LogP contribution in [-0.2, 0) is 4.74 Å². The molecule has 0 amide bonds. The molecule has 1 aromatic rings. The molecule has 0 unspecified atom stereocenters. The van der Waals surface area contributed by atoms with Gasteiger partial charge in [0.1, 0.15) is 6.33 Å². The van der Waals surface area contributed by atoms with Crippen molar-refractivity contribution in [3.63, 3.8) is 0 Å². The topological polar surface area (TPSA) is 38.2 Å². The summed E-state index contributed by atoms with van der Waals surface area (Å²) in [6, 6.07) is 0. The predicted molar refractivity (Wildman–Crippen MR) is 68.1 cm³/mol. The van der Waals surface area contributed by atoms with Gasteiger partial charge < -0.3 is 9.64 Å². The van der Waals surface area contributed by atoms with Crippen molar-refractivity contribution < 1.29 is 9.13 Å². The highest BCUT2D eigenvalue weighted by Crippen LogP contribution is 2.33. The largest absolute Gasteiger partial charge is 0.381 e. The summed E-state index contributed by atoms with van der Waals surface area (Å²) in [6.07, 6.45) is 2.51. The third-order valence-corrected chi connectivity index (χ3v) is 3.66. The molecule has 1 atom stereocenters. The summed E-state index contributed by atoms with van der Waals surface area (Å²) in [5.41, 5.74) is 0.379. The zero-order valence-corrected chi connectivity index (χ0v) is 11.4. The zero-order valence-electron chi connectivity index (χ0n) is 11.4. The van der Waals surface area contributed by atoms with Gasteiger partial charge in [-0.3, -0.25) is 0 Å². The second-order valence-electron chi connectivity index (χ2n) is 5.52. The van der Waals surface area contributed by atoms with E-state index in [1.165, 1.54) is 6.33 Å². The Balaban J connectivity index is 2.24. The van der Waals surface area contributed by atoms with Crippen molar-refractivity contribution in [2.45, 2.75) is 33.3 Å². The lowest BCUT2D eigenvalue weighted by Gasteiger charge is -2.43. The number of piperidine rings is 1. The summed E-state index contributed by atoms with van der Waals surface area (Å²) in [5.74, 6) is 0.0919. The molecule has 0 radical (unpaired) electrons. The molecule has 100 valence electrons. The van der Waals surface area contributed by atoms with Crippen LogP contribution in [-0.4, -0.2) is 36.3 Å². The van der Waals surface area contributed by atoms with E-state index < -0.39 is 0 Å². The van der Waals surface area contributed by atoms with Gasteiger partial charge in [-0.1, -0.05) is 13.8 Å². The molecule has 0 aliphatic carbocycles. The maximum absolute atomic E-state index is 14.0. The third-order valence-electron chi connectivity index (χ3n) is 3.66. The van der Waals surface area contributed by atoms with E-state index >= 15 is 0 Å². The summed E-state index contributed by atoms with van der Waals surface area (Å²) in [4.78, 5) is 9.93. The first kappa shape index (κ1) is 13.2. The summed E-state index contributed by atoms with van der Waals surface area (Å²) in [7, 11) is 1.73. The molecule has 0 aromatic carbocycles. The number of halogens is 1. The van der Waals surface area contributed by atoms with Gasteiger partial charge in [-0.15, -0.1) is 0 Å². The fourth-order valence-corrected chi connectivity index (χ4v) is 2.62. The Labute approximate surface area is 107 Å². The van der Waals surface area contributed by atoms with Crippen molar-refractivity contribution in [2.75, 3.05) is 25.1 Å². The Morgan fingerprint density at radius 2 is 2.17 bits per heavy atom. The van der Waals surface area contributed by atoms with Crippen LogP contribution in [0, 0.1) is 18.2 Å². The maximum atomic E-state index is 14.0. The molecular weight excluding hydrogens is 233 g/mol. The quantitative estimate of drug-likeness (QED) is 0.809. The Morgan fingerprint density at radius 3 is 2.78 bits per heavy atom. The van der Waals surface area contributed by atoms with E-state index in [-0.39, 0.29) is 17.3 Å².